The van der Waals surface area contributed by atoms with Crippen molar-refractivity contribution in [3.63, 3.8) is 0 Å². The van der Waals surface area contributed by atoms with Crippen LogP contribution in [0.15, 0.2) is 122 Å². The number of pyridine rings is 2. The van der Waals surface area contributed by atoms with Gasteiger partial charge in [0.2, 0.25) is 0 Å². The molecule has 0 saturated heterocycles. The van der Waals surface area contributed by atoms with E-state index in [0.717, 1.165) is 44.2 Å². The maximum absolute atomic E-state index is 4.41. The van der Waals surface area contributed by atoms with Crippen molar-refractivity contribution in [2.24, 2.45) is 0 Å². The first-order valence-corrected chi connectivity index (χ1v) is 13.1. The number of nitrogens with one attached hydrogen (secondary N) is 1. The Bertz CT molecular complexity index is 2130. The van der Waals surface area contributed by atoms with Crippen LogP contribution in [-0.2, 0) is 0 Å². The van der Waals surface area contributed by atoms with Crippen LogP contribution in [0.4, 0.5) is 0 Å². The zero-order chi connectivity index (χ0) is 25.5. The van der Waals surface area contributed by atoms with Gasteiger partial charge in [-0.1, -0.05) is 36.4 Å². The van der Waals surface area contributed by atoms with E-state index in [-0.39, 0.29) is 0 Å². The Balaban J connectivity index is 1.32. The Morgan fingerprint density at radius 3 is 1.41 bits per heavy atom. The van der Waals surface area contributed by atoms with Gasteiger partial charge in [0, 0.05) is 79.5 Å². The molecule has 0 amide bonds. The van der Waals surface area contributed by atoms with Gasteiger partial charge in [0.05, 0.1) is 22.1 Å². The first-order valence-electron chi connectivity index (χ1n) is 13.1. The van der Waals surface area contributed by atoms with Crippen LogP contribution in [0.25, 0.3) is 76.8 Å². The molecule has 0 fully saturated rings. The third kappa shape index (κ3) is 2.79. The summed E-state index contributed by atoms with van der Waals surface area (Å²) in [6.07, 6.45) is 7.67. The first kappa shape index (κ1) is 20.6. The summed E-state index contributed by atoms with van der Waals surface area (Å²) in [5.41, 5.74) is 9.19. The molecule has 0 bridgehead atoms. The van der Waals surface area contributed by atoms with Gasteiger partial charge in [-0.2, -0.15) is 0 Å². The predicted molar refractivity (Wildman–Crippen MR) is 160 cm³/mol. The fraction of sp³-hybridized carbons (Fsp3) is 0. The van der Waals surface area contributed by atoms with Crippen molar-refractivity contribution in [3.05, 3.63) is 122 Å². The second kappa shape index (κ2) is 7.55. The van der Waals surface area contributed by atoms with Crippen LogP contribution in [0.1, 0.15) is 0 Å². The molecule has 5 heteroatoms. The van der Waals surface area contributed by atoms with Crippen molar-refractivity contribution in [2.75, 3.05) is 0 Å². The van der Waals surface area contributed by atoms with Gasteiger partial charge in [0.1, 0.15) is 0 Å². The molecule has 0 aliphatic rings. The average molecular weight is 500 g/mol. The van der Waals surface area contributed by atoms with Crippen molar-refractivity contribution in [1.29, 1.82) is 0 Å². The van der Waals surface area contributed by atoms with Gasteiger partial charge in [-0.15, -0.1) is 0 Å². The smallest absolute Gasteiger partial charge is 0.0571 e. The summed E-state index contributed by atoms with van der Waals surface area (Å²) < 4.78 is 4.68. The zero-order valence-corrected chi connectivity index (χ0v) is 20.8. The van der Waals surface area contributed by atoms with Gasteiger partial charge in [-0.25, -0.2) is 0 Å². The van der Waals surface area contributed by atoms with Crippen molar-refractivity contribution in [1.82, 2.24) is 24.1 Å². The number of rotatable bonds is 2. The summed E-state index contributed by atoms with van der Waals surface area (Å²) in [7, 11) is 0. The molecule has 1 N–H and O–H groups in total. The van der Waals surface area contributed by atoms with Gasteiger partial charge in [0.15, 0.2) is 0 Å². The summed E-state index contributed by atoms with van der Waals surface area (Å²) in [6, 6.07) is 34.7. The van der Waals surface area contributed by atoms with Crippen LogP contribution in [-0.4, -0.2) is 24.1 Å². The van der Waals surface area contributed by atoms with Crippen LogP contribution in [0.3, 0.4) is 0 Å². The number of hydrogen-bond acceptors (Lipinski definition) is 2. The maximum Gasteiger partial charge on any atom is 0.0571 e. The summed E-state index contributed by atoms with van der Waals surface area (Å²) in [5, 5.41) is 7.15. The quantitative estimate of drug-likeness (QED) is 0.260. The molecule has 9 aromatic rings. The molecule has 5 heterocycles. The molecule has 5 aromatic heterocycles. The van der Waals surface area contributed by atoms with Gasteiger partial charge in [-0.3, -0.25) is 9.97 Å². The fourth-order valence-corrected chi connectivity index (χ4v) is 6.34. The number of aromatic nitrogens is 5. The molecule has 4 aromatic carbocycles. The minimum Gasteiger partial charge on any atom is -0.355 e. The second-order valence-electron chi connectivity index (χ2n) is 10.1. The Morgan fingerprint density at radius 2 is 0.897 bits per heavy atom. The lowest BCUT2D eigenvalue weighted by atomic mass is 10.1. The summed E-state index contributed by atoms with van der Waals surface area (Å²) >= 11 is 0. The molecule has 0 saturated carbocycles. The van der Waals surface area contributed by atoms with E-state index in [1.54, 1.807) is 0 Å². The Morgan fingerprint density at radius 1 is 0.436 bits per heavy atom. The molecular weight excluding hydrogens is 478 g/mol. The standard InChI is InChI=1S/C34H21N5/c1-3-7-31-23(5-1)27-19-35-15-13-33(27)38(31)21-9-11-29-25(17-21)26-18-22(10-12-30(26)37-29)39-32-8-4-2-6-24(32)28-20-36-16-14-34(28)39/h1-20,37H. The first-order chi connectivity index (χ1) is 19.3. The number of nitrogens with zero attached hydrogens (tertiary/aromatic N) is 4. The van der Waals surface area contributed by atoms with E-state index in [2.05, 4.69) is 121 Å². The van der Waals surface area contributed by atoms with Crippen molar-refractivity contribution >= 4 is 65.4 Å². The molecule has 0 aliphatic carbocycles. The van der Waals surface area contributed by atoms with Crippen LogP contribution in [0.5, 0.6) is 0 Å². The zero-order valence-electron chi connectivity index (χ0n) is 20.8. The van der Waals surface area contributed by atoms with Gasteiger partial charge < -0.3 is 14.1 Å². The minimum atomic E-state index is 1.12. The number of fused-ring (bicyclic) bond motifs is 9. The fourth-order valence-electron chi connectivity index (χ4n) is 6.34. The van der Waals surface area contributed by atoms with Crippen molar-refractivity contribution < 1.29 is 0 Å². The Labute approximate surface area is 222 Å². The minimum absolute atomic E-state index is 1.12. The molecule has 0 atom stereocenters. The molecule has 0 unspecified atom stereocenters. The van der Waals surface area contributed by atoms with Crippen LogP contribution in [0.2, 0.25) is 0 Å². The lowest BCUT2D eigenvalue weighted by Crippen LogP contribution is -1.94. The Kier molecular flexibility index (Phi) is 3.99. The van der Waals surface area contributed by atoms with Crippen LogP contribution >= 0.6 is 0 Å². The normalized spacial score (nSPS) is 12.1. The molecule has 0 aliphatic heterocycles. The van der Waals surface area contributed by atoms with Gasteiger partial charge in [-0.05, 0) is 60.7 Å². The molecule has 182 valence electrons. The van der Waals surface area contributed by atoms with E-state index in [9.17, 15) is 0 Å². The van der Waals surface area contributed by atoms with Crippen LogP contribution in [0, 0.1) is 0 Å². The number of benzene rings is 4. The van der Waals surface area contributed by atoms with Crippen molar-refractivity contribution in [2.45, 2.75) is 0 Å². The largest absolute Gasteiger partial charge is 0.355 e. The lowest BCUT2D eigenvalue weighted by Gasteiger charge is -2.09. The Hall–Kier alpha value is -5.42. The number of H-pyrrole nitrogens is 1. The van der Waals surface area contributed by atoms with E-state index in [1.165, 1.54) is 32.6 Å². The maximum atomic E-state index is 4.41. The van der Waals surface area contributed by atoms with Gasteiger partial charge in [0.25, 0.3) is 0 Å². The molecule has 39 heavy (non-hydrogen) atoms. The predicted octanol–water partition coefficient (Wildman–Crippen LogP) is 8.31. The van der Waals surface area contributed by atoms with E-state index in [1.807, 2.05) is 24.8 Å². The van der Waals surface area contributed by atoms with E-state index < -0.39 is 0 Å². The van der Waals surface area contributed by atoms with Crippen molar-refractivity contribution in [3.8, 4) is 11.4 Å². The molecule has 0 radical (unpaired) electrons. The summed E-state index contributed by atoms with van der Waals surface area (Å²) in [6.45, 7) is 0. The monoisotopic (exact) mass is 499 g/mol. The number of hydrogen-bond donors (Lipinski definition) is 1. The third-order valence-electron chi connectivity index (χ3n) is 8.03. The molecule has 5 nitrogen and oxygen atoms in total. The second-order valence-corrected chi connectivity index (χ2v) is 10.1. The SMILES string of the molecule is c1ccc2c(c1)c1cnccc1n2-c1ccc2[nH]c3ccc(-n4c5ccccc5c5cnccc54)cc3c2c1. The highest BCUT2D eigenvalue weighted by atomic mass is 15.0. The highest BCUT2D eigenvalue weighted by Gasteiger charge is 2.16. The topological polar surface area (TPSA) is 51.4 Å². The van der Waals surface area contributed by atoms with Crippen LogP contribution < -0.4 is 0 Å². The summed E-state index contributed by atoms with van der Waals surface area (Å²) in [4.78, 5) is 12.4. The molecule has 0 spiro atoms. The summed E-state index contributed by atoms with van der Waals surface area (Å²) in [5.74, 6) is 0. The van der Waals surface area contributed by atoms with E-state index in [0.29, 0.717) is 0 Å². The van der Waals surface area contributed by atoms with E-state index >= 15 is 0 Å². The highest BCUT2D eigenvalue weighted by molar-refractivity contribution is 6.12. The van der Waals surface area contributed by atoms with E-state index in [4.69, 9.17) is 0 Å². The number of aromatic amines is 1. The molecular formula is C34H21N5. The average Bonchev–Trinajstić information content (AvgIpc) is 3.64. The third-order valence-corrected chi connectivity index (χ3v) is 8.03. The number of para-hydroxylation sites is 2. The van der Waals surface area contributed by atoms with Gasteiger partial charge >= 0.3 is 0 Å². The highest BCUT2D eigenvalue weighted by Crippen LogP contribution is 2.36. The molecule has 9 rings (SSSR count). The lowest BCUT2D eigenvalue weighted by molar-refractivity contribution is 1.18.